The lowest BCUT2D eigenvalue weighted by Gasteiger charge is -2.13. The van der Waals surface area contributed by atoms with Crippen molar-refractivity contribution in [2.24, 2.45) is 0 Å². The first kappa shape index (κ1) is 17.9. The lowest BCUT2D eigenvalue weighted by atomic mass is 10.0. The fraction of sp³-hybridized carbons (Fsp3) is 0.0952. The third kappa shape index (κ3) is 3.29. The molecule has 0 atom stereocenters. The molecule has 0 aliphatic carbocycles. The Bertz CT molecular complexity index is 1350. The van der Waals surface area contributed by atoms with E-state index in [0.717, 1.165) is 42.6 Å². The molecule has 5 aromatic rings. The van der Waals surface area contributed by atoms with Crippen molar-refractivity contribution in [3.05, 3.63) is 69.9 Å². The van der Waals surface area contributed by atoms with Gasteiger partial charge in [-0.3, -0.25) is 0 Å². The highest BCUT2D eigenvalue weighted by Gasteiger charge is 2.15. The van der Waals surface area contributed by atoms with Crippen LogP contribution < -0.4 is 5.32 Å². The maximum Gasteiger partial charge on any atom is 0.182 e. The summed E-state index contributed by atoms with van der Waals surface area (Å²) in [6.07, 6.45) is 3.12. The third-order valence-electron chi connectivity index (χ3n) is 4.76. The Kier molecular flexibility index (Phi) is 4.55. The van der Waals surface area contributed by atoms with Gasteiger partial charge in [0.15, 0.2) is 11.5 Å². The number of aryl methyl sites for hydroxylation is 1. The number of fused-ring (bicyclic) bond motifs is 2. The molecule has 2 N–H and O–H groups in total. The Balaban J connectivity index is 1.63. The van der Waals surface area contributed by atoms with Gasteiger partial charge in [0.1, 0.15) is 17.4 Å². The summed E-state index contributed by atoms with van der Waals surface area (Å²) in [6.45, 7) is 2.56. The van der Waals surface area contributed by atoms with Gasteiger partial charge in [0.25, 0.3) is 0 Å². The number of rotatable bonds is 4. The average molecular weight is 493 g/mol. The van der Waals surface area contributed by atoms with Crippen LogP contribution >= 0.6 is 22.6 Å². The van der Waals surface area contributed by atoms with Crippen LogP contribution in [-0.2, 0) is 6.54 Å². The number of H-pyrrole nitrogens is 1. The molecule has 0 saturated heterocycles. The molecule has 0 radical (unpaired) electrons. The highest BCUT2D eigenvalue weighted by atomic mass is 127. The van der Waals surface area contributed by atoms with E-state index >= 15 is 0 Å². The van der Waals surface area contributed by atoms with E-state index in [1.165, 1.54) is 6.33 Å². The van der Waals surface area contributed by atoms with Crippen LogP contribution in [0.4, 0.5) is 5.82 Å². The molecule has 0 bridgehead atoms. The molecular weight excluding hydrogens is 477 g/mol. The maximum atomic E-state index is 4.97. The van der Waals surface area contributed by atoms with Crippen molar-refractivity contribution in [2.45, 2.75) is 13.5 Å². The first-order valence-corrected chi connectivity index (χ1v) is 10.2. The summed E-state index contributed by atoms with van der Waals surface area (Å²) >= 11 is 2.30. The van der Waals surface area contributed by atoms with Crippen LogP contribution in [0.2, 0.25) is 0 Å². The molecule has 3 aromatic heterocycles. The van der Waals surface area contributed by atoms with Crippen molar-refractivity contribution >= 4 is 50.6 Å². The van der Waals surface area contributed by atoms with E-state index in [9.17, 15) is 0 Å². The Morgan fingerprint density at radius 1 is 1.00 bits per heavy atom. The summed E-state index contributed by atoms with van der Waals surface area (Å²) in [6, 6.07) is 14.3. The summed E-state index contributed by atoms with van der Waals surface area (Å²) in [5.41, 5.74) is 7.16. The molecule has 0 aliphatic rings. The van der Waals surface area contributed by atoms with Crippen LogP contribution in [0.5, 0.6) is 0 Å². The minimum absolute atomic E-state index is 0.475. The van der Waals surface area contributed by atoms with Gasteiger partial charge < -0.3 is 10.3 Å². The van der Waals surface area contributed by atoms with Crippen molar-refractivity contribution in [1.29, 1.82) is 0 Å². The molecule has 0 aliphatic heterocycles. The number of hydrogen-bond acceptors (Lipinski definition) is 6. The second kappa shape index (κ2) is 7.36. The number of anilines is 1. The minimum Gasteiger partial charge on any atom is -0.362 e. The molecule has 29 heavy (non-hydrogen) atoms. The summed E-state index contributed by atoms with van der Waals surface area (Å²) < 4.78 is 1.07. The molecule has 0 spiro atoms. The van der Waals surface area contributed by atoms with E-state index in [1.54, 1.807) is 6.33 Å². The Labute approximate surface area is 180 Å². The fourth-order valence-electron chi connectivity index (χ4n) is 3.32. The summed E-state index contributed by atoms with van der Waals surface area (Å²) in [7, 11) is 0. The maximum absolute atomic E-state index is 4.97. The van der Waals surface area contributed by atoms with E-state index in [2.05, 4.69) is 66.9 Å². The Morgan fingerprint density at radius 3 is 2.79 bits per heavy atom. The quantitative estimate of drug-likeness (QED) is 0.359. The van der Waals surface area contributed by atoms with Crippen molar-refractivity contribution < 1.29 is 0 Å². The number of halogens is 1. The number of para-hydroxylation sites is 1. The number of aromatic amines is 1. The zero-order valence-corrected chi connectivity index (χ0v) is 17.7. The van der Waals surface area contributed by atoms with Crippen molar-refractivity contribution in [3.8, 4) is 11.3 Å². The Morgan fingerprint density at radius 2 is 1.90 bits per heavy atom. The second-order valence-electron chi connectivity index (χ2n) is 6.62. The molecule has 2 aromatic carbocycles. The van der Waals surface area contributed by atoms with Gasteiger partial charge in [0.05, 0.1) is 29.8 Å². The van der Waals surface area contributed by atoms with Gasteiger partial charge in [0.2, 0.25) is 0 Å². The number of benzene rings is 2. The van der Waals surface area contributed by atoms with Gasteiger partial charge in [-0.1, -0.05) is 30.3 Å². The Hall–Kier alpha value is -3.14. The standard InChI is InChI=1S/C21H16IN7/c1-12-5-2-3-6-13(12)17-16(29-18-14(22)7-4-8-15(18)28-17)9-23-20-19-21(25-10-24-19)27-11-26-20/h2-8,10-11H,9H2,1H3,(H2,23,24,25,26,27). The van der Waals surface area contributed by atoms with Gasteiger partial charge in [-0.15, -0.1) is 0 Å². The summed E-state index contributed by atoms with van der Waals surface area (Å²) in [5, 5.41) is 3.38. The topological polar surface area (TPSA) is 92.3 Å². The first-order chi connectivity index (χ1) is 14.2. The van der Waals surface area contributed by atoms with Crippen molar-refractivity contribution in [3.63, 3.8) is 0 Å². The van der Waals surface area contributed by atoms with E-state index in [4.69, 9.17) is 9.97 Å². The highest BCUT2D eigenvalue weighted by Crippen LogP contribution is 2.28. The summed E-state index contributed by atoms with van der Waals surface area (Å²) in [5.74, 6) is 0.688. The molecule has 0 unspecified atom stereocenters. The number of hydrogen-bond donors (Lipinski definition) is 2. The van der Waals surface area contributed by atoms with Crippen LogP contribution in [0.3, 0.4) is 0 Å². The zero-order valence-electron chi connectivity index (χ0n) is 15.5. The van der Waals surface area contributed by atoms with Gasteiger partial charge in [-0.25, -0.2) is 24.9 Å². The normalized spacial score (nSPS) is 11.2. The molecule has 8 heteroatoms. The van der Waals surface area contributed by atoms with Crippen LogP contribution in [0.15, 0.2) is 55.1 Å². The zero-order chi connectivity index (χ0) is 19.8. The number of aromatic nitrogens is 6. The predicted molar refractivity (Wildman–Crippen MR) is 121 cm³/mol. The smallest absolute Gasteiger partial charge is 0.182 e. The van der Waals surface area contributed by atoms with E-state index in [-0.39, 0.29) is 0 Å². The SMILES string of the molecule is Cc1ccccc1-c1nc2cccc(I)c2nc1CNc1ncnc2nc[nH]c12. The molecule has 5 rings (SSSR count). The number of imidazole rings is 1. The van der Waals surface area contributed by atoms with Crippen LogP contribution in [0, 0.1) is 10.5 Å². The highest BCUT2D eigenvalue weighted by molar-refractivity contribution is 14.1. The van der Waals surface area contributed by atoms with Crippen molar-refractivity contribution in [1.82, 2.24) is 29.9 Å². The van der Waals surface area contributed by atoms with Gasteiger partial charge in [-0.2, -0.15) is 0 Å². The van der Waals surface area contributed by atoms with E-state index < -0.39 is 0 Å². The van der Waals surface area contributed by atoms with Crippen LogP contribution in [-0.4, -0.2) is 29.9 Å². The predicted octanol–water partition coefficient (Wildman–Crippen LogP) is 4.49. The van der Waals surface area contributed by atoms with Gasteiger partial charge in [0, 0.05) is 9.13 Å². The monoisotopic (exact) mass is 493 g/mol. The summed E-state index contributed by atoms with van der Waals surface area (Å²) in [4.78, 5) is 25.7. The largest absolute Gasteiger partial charge is 0.362 e. The number of nitrogens with one attached hydrogen (secondary N) is 2. The molecule has 0 fully saturated rings. The first-order valence-electron chi connectivity index (χ1n) is 9.10. The lowest BCUT2D eigenvalue weighted by Crippen LogP contribution is -2.08. The molecule has 0 saturated carbocycles. The molecule has 0 amide bonds. The van der Waals surface area contributed by atoms with Gasteiger partial charge >= 0.3 is 0 Å². The minimum atomic E-state index is 0.475. The third-order valence-corrected chi connectivity index (χ3v) is 5.63. The second-order valence-corrected chi connectivity index (χ2v) is 7.78. The van der Waals surface area contributed by atoms with E-state index in [1.807, 2.05) is 30.3 Å². The van der Waals surface area contributed by atoms with Crippen molar-refractivity contribution in [2.75, 3.05) is 5.32 Å². The van der Waals surface area contributed by atoms with E-state index in [0.29, 0.717) is 18.0 Å². The molecule has 7 nitrogen and oxygen atoms in total. The average Bonchev–Trinajstić information content (AvgIpc) is 3.22. The van der Waals surface area contributed by atoms with Gasteiger partial charge in [-0.05, 0) is 47.2 Å². The lowest BCUT2D eigenvalue weighted by molar-refractivity contribution is 1.03. The number of nitrogens with zero attached hydrogens (tertiary/aromatic N) is 5. The van der Waals surface area contributed by atoms with Crippen LogP contribution in [0.1, 0.15) is 11.3 Å². The molecule has 142 valence electrons. The molecule has 3 heterocycles. The molecular formula is C21H16IN7. The fourth-order valence-corrected chi connectivity index (χ4v) is 3.93. The van der Waals surface area contributed by atoms with Crippen LogP contribution in [0.25, 0.3) is 33.5 Å².